The van der Waals surface area contributed by atoms with Gasteiger partial charge >= 0.3 is 5.97 Å². The van der Waals surface area contributed by atoms with Gasteiger partial charge in [-0.25, -0.2) is 14.6 Å². The molecule has 20 heavy (non-hydrogen) atoms. The fourth-order valence-electron chi connectivity index (χ4n) is 2.21. The monoisotopic (exact) mass is 280 g/mol. The van der Waals surface area contributed by atoms with Crippen LogP contribution in [0.2, 0.25) is 0 Å². The number of aliphatic hydroxyl groups excluding tert-OH is 1. The van der Waals surface area contributed by atoms with E-state index in [1.54, 1.807) is 25.2 Å². The molecule has 1 N–H and O–H groups in total. The molecule has 0 saturated carbocycles. The Labute approximate surface area is 118 Å². The molecule has 2 unspecified atom stereocenters. The molecule has 0 aliphatic carbocycles. The normalized spacial score (nSPS) is 33.3. The Morgan fingerprint density at radius 1 is 1.60 bits per heavy atom. The lowest BCUT2D eigenvalue weighted by atomic mass is 9.93. The molecule has 2 rings (SSSR count). The van der Waals surface area contributed by atoms with Gasteiger partial charge in [-0.1, -0.05) is 6.08 Å². The number of allylic oxidation sites excluding steroid dienone is 1. The lowest BCUT2D eigenvalue weighted by Crippen LogP contribution is -2.36. The van der Waals surface area contributed by atoms with Gasteiger partial charge in [-0.2, -0.15) is 0 Å². The van der Waals surface area contributed by atoms with E-state index in [0.29, 0.717) is 11.3 Å². The van der Waals surface area contributed by atoms with Gasteiger partial charge in [0.05, 0.1) is 6.61 Å². The van der Waals surface area contributed by atoms with Gasteiger partial charge in [0.15, 0.2) is 0 Å². The minimum Gasteiger partial charge on any atom is -0.423 e. The summed E-state index contributed by atoms with van der Waals surface area (Å²) in [6.45, 7) is 5.49. The zero-order valence-corrected chi connectivity index (χ0v) is 12.0. The predicted molar refractivity (Wildman–Crippen MR) is 72.4 cm³/mol. The Hall–Kier alpha value is -1.43. The second-order valence-electron chi connectivity index (χ2n) is 5.41. The first-order chi connectivity index (χ1) is 9.43. The molecule has 5 nitrogen and oxygen atoms in total. The zero-order chi connectivity index (χ0) is 14.8. The third-order valence-corrected chi connectivity index (χ3v) is 3.52. The van der Waals surface area contributed by atoms with Gasteiger partial charge in [-0.05, 0) is 51.3 Å². The zero-order valence-electron chi connectivity index (χ0n) is 12.0. The van der Waals surface area contributed by atoms with E-state index >= 15 is 0 Å². The molecule has 1 fully saturated rings. The van der Waals surface area contributed by atoms with Crippen LogP contribution in [0.4, 0.5) is 0 Å². The van der Waals surface area contributed by atoms with Gasteiger partial charge in [-0.15, -0.1) is 0 Å². The van der Waals surface area contributed by atoms with Crippen LogP contribution in [0.1, 0.15) is 33.6 Å². The van der Waals surface area contributed by atoms with E-state index in [1.165, 1.54) is 0 Å². The molecule has 2 heterocycles. The Bertz CT molecular complexity index is 478. The number of aliphatic hydroxyl groups is 1. The van der Waals surface area contributed by atoms with Crippen molar-refractivity contribution in [3.05, 3.63) is 35.1 Å². The molecule has 2 atom stereocenters. The number of rotatable bonds is 3. The largest absolute Gasteiger partial charge is 0.423 e. The highest BCUT2D eigenvalue weighted by Crippen LogP contribution is 2.32. The molecule has 0 spiro atoms. The van der Waals surface area contributed by atoms with E-state index in [-0.39, 0.29) is 18.7 Å². The fourth-order valence-corrected chi connectivity index (χ4v) is 2.21. The number of carbonyl (C=O) groups excluding carboxylic acids is 1. The second-order valence-corrected chi connectivity index (χ2v) is 5.41. The average molecular weight is 280 g/mol. The van der Waals surface area contributed by atoms with Crippen molar-refractivity contribution in [2.24, 2.45) is 0 Å². The van der Waals surface area contributed by atoms with Crippen LogP contribution in [0.5, 0.6) is 0 Å². The maximum absolute atomic E-state index is 11.3. The second kappa shape index (κ2) is 5.91. The molecule has 0 aromatic carbocycles. The molecule has 2 aliphatic rings. The maximum atomic E-state index is 11.3. The van der Waals surface area contributed by atoms with Crippen molar-refractivity contribution in [3.8, 4) is 0 Å². The summed E-state index contributed by atoms with van der Waals surface area (Å²) < 4.78 is 5.10. The summed E-state index contributed by atoms with van der Waals surface area (Å²) in [7, 11) is 0. The maximum Gasteiger partial charge on any atom is 0.339 e. The standard InChI is InChI=1S/C15H20O5/c1-10(5-7-16)13-4-6-15(3,20-19-13)9-12-8-11(2)14(17)18-12/h5,8-9,13,16H,4,6-7H2,1-3H3. The van der Waals surface area contributed by atoms with Crippen LogP contribution in [-0.4, -0.2) is 29.4 Å². The van der Waals surface area contributed by atoms with Crippen molar-refractivity contribution < 1.29 is 24.4 Å². The highest BCUT2D eigenvalue weighted by Gasteiger charge is 2.34. The van der Waals surface area contributed by atoms with Crippen molar-refractivity contribution in [3.63, 3.8) is 0 Å². The van der Waals surface area contributed by atoms with Crippen molar-refractivity contribution in [2.75, 3.05) is 6.61 Å². The SMILES string of the molecule is CC1=CC(=CC2(C)CCC(C(C)=CCO)OO2)OC1=O. The summed E-state index contributed by atoms with van der Waals surface area (Å²) in [4.78, 5) is 22.2. The Morgan fingerprint density at radius 2 is 2.35 bits per heavy atom. The van der Waals surface area contributed by atoms with Gasteiger partial charge in [-0.3, -0.25) is 0 Å². The first kappa shape index (κ1) is 15.0. The first-order valence-electron chi connectivity index (χ1n) is 6.69. The summed E-state index contributed by atoms with van der Waals surface area (Å²) in [5, 5.41) is 8.87. The van der Waals surface area contributed by atoms with E-state index < -0.39 is 5.60 Å². The number of ether oxygens (including phenoxy) is 1. The number of hydrogen-bond donors (Lipinski definition) is 1. The topological polar surface area (TPSA) is 65.0 Å². The van der Waals surface area contributed by atoms with Crippen LogP contribution in [0.15, 0.2) is 35.1 Å². The van der Waals surface area contributed by atoms with Crippen molar-refractivity contribution >= 4 is 5.97 Å². The lowest BCUT2D eigenvalue weighted by molar-refractivity contribution is -0.386. The highest BCUT2D eigenvalue weighted by atomic mass is 17.2. The average Bonchev–Trinajstić information content (AvgIpc) is 2.68. The molecule has 0 amide bonds. The molecule has 1 saturated heterocycles. The summed E-state index contributed by atoms with van der Waals surface area (Å²) in [6.07, 6.45) is 6.54. The molecule has 0 radical (unpaired) electrons. The van der Waals surface area contributed by atoms with E-state index in [2.05, 4.69) is 0 Å². The van der Waals surface area contributed by atoms with E-state index in [0.717, 1.165) is 18.4 Å². The lowest BCUT2D eigenvalue weighted by Gasteiger charge is -2.34. The molecule has 0 aromatic rings. The molecule has 5 heteroatoms. The van der Waals surface area contributed by atoms with Gasteiger partial charge in [0, 0.05) is 5.57 Å². The number of carbonyl (C=O) groups is 1. The summed E-state index contributed by atoms with van der Waals surface area (Å²) in [5.74, 6) is 0.177. The van der Waals surface area contributed by atoms with Crippen LogP contribution in [-0.2, 0) is 19.3 Å². The van der Waals surface area contributed by atoms with Crippen LogP contribution in [0, 0.1) is 0 Å². The Kier molecular flexibility index (Phi) is 4.42. The van der Waals surface area contributed by atoms with Crippen LogP contribution in [0.3, 0.4) is 0 Å². The molecule has 110 valence electrons. The first-order valence-corrected chi connectivity index (χ1v) is 6.69. The van der Waals surface area contributed by atoms with E-state index in [1.807, 2.05) is 13.8 Å². The summed E-state index contributed by atoms with van der Waals surface area (Å²) in [5.41, 5.74) is 0.911. The van der Waals surface area contributed by atoms with E-state index in [4.69, 9.17) is 19.6 Å². The molecule has 2 aliphatic heterocycles. The van der Waals surface area contributed by atoms with Crippen LogP contribution in [0.25, 0.3) is 0 Å². The van der Waals surface area contributed by atoms with E-state index in [9.17, 15) is 4.79 Å². The Balaban J connectivity index is 2.00. The van der Waals surface area contributed by atoms with Crippen LogP contribution >= 0.6 is 0 Å². The molecular weight excluding hydrogens is 260 g/mol. The molecular formula is C15H20O5. The smallest absolute Gasteiger partial charge is 0.339 e. The Morgan fingerprint density at radius 3 is 2.85 bits per heavy atom. The fraction of sp³-hybridized carbons (Fsp3) is 0.533. The van der Waals surface area contributed by atoms with Crippen LogP contribution < -0.4 is 0 Å². The predicted octanol–water partition coefficient (Wildman–Crippen LogP) is 2.18. The van der Waals surface area contributed by atoms with Crippen molar-refractivity contribution in [1.29, 1.82) is 0 Å². The highest BCUT2D eigenvalue weighted by molar-refractivity contribution is 5.92. The van der Waals surface area contributed by atoms with Crippen molar-refractivity contribution in [1.82, 2.24) is 0 Å². The van der Waals surface area contributed by atoms with Gasteiger partial charge in [0.1, 0.15) is 17.5 Å². The summed E-state index contributed by atoms with van der Waals surface area (Å²) in [6, 6.07) is 0. The number of esters is 1. The van der Waals surface area contributed by atoms with Gasteiger partial charge in [0.25, 0.3) is 0 Å². The summed E-state index contributed by atoms with van der Waals surface area (Å²) >= 11 is 0. The third-order valence-electron chi connectivity index (χ3n) is 3.52. The number of hydrogen-bond acceptors (Lipinski definition) is 5. The number of cyclic esters (lactones) is 1. The van der Waals surface area contributed by atoms with Gasteiger partial charge < -0.3 is 9.84 Å². The van der Waals surface area contributed by atoms with Gasteiger partial charge in [0.2, 0.25) is 0 Å². The molecule has 0 bridgehead atoms. The molecule has 0 aromatic heterocycles. The third kappa shape index (κ3) is 3.36. The minimum absolute atomic E-state index is 0.00691. The minimum atomic E-state index is -0.618. The quantitative estimate of drug-likeness (QED) is 0.487. The van der Waals surface area contributed by atoms with Crippen molar-refractivity contribution in [2.45, 2.75) is 45.3 Å².